The number of allylic oxidation sites excluding steroid dienone is 4. The van der Waals surface area contributed by atoms with Gasteiger partial charge in [-0.25, -0.2) is 4.79 Å². The van der Waals surface area contributed by atoms with E-state index in [2.05, 4.69) is 38.2 Å². The zero-order valence-electron chi connectivity index (χ0n) is 44.4. The highest BCUT2D eigenvalue weighted by atomic mass is 16.6. The highest BCUT2D eigenvalue weighted by Crippen LogP contribution is 2.16. The van der Waals surface area contributed by atoms with Crippen LogP contribution in [0.2, 0.25) is 0 Å². The van der Waals surface area contributed by atoms with Crippen LogP contribution < -0.4 is 0 Å². The van der Waals surface area contributed by atoms with Crippen LogP contribution in [0.1, 0.15) is 277 Å². The Bertz CT molecular complexity index is 1130. The van der Waals surface area contributed by atoms with Crippen LogP contribution in [0.4, 0.5) is 0 Å². The van der Waals surface area contributed by atoms with E-state index < -0.39 is 18.1 Å². The van der Waals surface area contributed by atoms with Crippen molar-refractivity contribution in [1.82, 2.24) is 0 Å². The van der Waals surface area contributed by atoms with Crippen molar-refractivity contribution in [2.75, 3.05) is 41.0 Å². The summed E-state index contributed by atoms with van der Waals surface area (Å²) in [4.78, 5) is 37.3. The Morgan fingerprint density at radius 3 is 1.09 bits per heavy atom. The molecule has 0 rings (SSSR count). The van der Waals surface area contributed by atoms with Crippen molar-refractivity contribution in [3.63, 3.8) is 0 Å². The molecule has 0 aliphatic rings. The van der Waals surface area contributed by atoms with E-state index in [4.69, 9.17) is 14.2 Å². The molecule has 2 unspecified atom stereocenters. The van der Waals surface area contributed by atoms with Crippen molar-refractivity contribution in [1.29, 1.82) is 0 Å². The zero-order chi connectivity index (χ0) is 48.4. The molecular weight excluding hydrogens is 823 g/mol. The van der Waals surface area contributed by atoms with E-state index >= 15 is 0 Å². The smallest absolute Gasteiger partial charge is 0.362 e. The first kappa shape index (κ1) is 63.8. The Morgan fingerprint density at radius 2 is 0.758 bits per heavy atom. The highest BCUT2D eigenvalue weighted by molar-refractivity contribution is 5.72. The minimum Gasteiger partial charge on any atom is -0.477 e. The molecule has 66 heavy (non-hydrogen) atoms. The van der Waals surface area contributed by atoms with Gasteiger partial charge in [-0.05, 0) is 64.2 Å². The van der Waals surface area contributed by atoms with Crippen LogP contribution in [0.5, 0.6) is 0 Å². The topological polar surface area (TPSA) is 99.1 Å². The normalized spacial score (nSPS) is 12.9. The molecule has 8 nitrogen and oxygen atoms in total. The lowest BCUT2D eigenvalue weighted by Gasteiger charge is -2.31. The molecule has 0 spiro atoms. The summed E-state index contributed by atoms with van der Waals surface area (Å²) in [6, 6.07) is -0.615. The fraction of sp³-hybridized carbons (Fsp3) is 0.879. The molecule has 0 bridgehead atoms. The van der Waals surface area contributed by atoms with Gasteiger partial charge >= 0.3 is 17.9 Å². The number of carbonyl (C=O) groups is 3. The van der Waals surface area contributed by atoms with Gasteiger partial charge in [-0.2, -0.15) is 0 Å². The van der Waals surface area contributed by atoms with E-state index in [0.29, 0.717) is 19.3 Å². The van der Waals surface area contributed by atoms with Crippen molar-refractivity contribution in [2.24, 2.45) is 0 Å². The molecular formula is C58H110NO7+. The number of rotatable bonds is 52. The fourth-order valence-electron chi connectivity index (χ4n) is 8.67. The minimum absolute atomic E-state index is 0.0511. The molecule has 0 aliphatic carbocycles. The number of unbranched alkanes of at least 4 members (excludes halogenated alkanes) is 34. The van der Waals surface area contributed by atoms with E-state index in [0.717, 1.165) is 38.5 Å². The number of likely N-dealkylation sites (N-methyl/N-ethyl adjacent to an activating group) is 1. The monoisotopic (exact) mass is 933 g/mol. The molecule has 0 radical (unpaired) electrons. The fourth-order valence-corrected chi connectivity index (χ4v) is 8.67. The molecule has 0 aromatic carbocycles. The lowest BCUT2D eigenvalue weighted by Crippen LogP contribution is -2.50. The number of hydrogen-bond donors (Lipinski definition) is 1. The number of esters is 2. The summed E-state index contributed by atoms with van der Waals surface area (Å²) in [6.45, 7) is 4.78. The Hall–Kier alpha value is -2.19. The Morgan fingerprint density at radius 1 is 0.439 bits per heavy atom. The average Bonchev–Trinajstić information content (AvgIpc) is 3.28. The van der Waals surface area contributed by atoms with Crippen molar-refractivity contribution in [3.05, 3.63) is 24.3 Å². The predicted octanol–water partition coefficient (Wildman–Crippen LogP) is 16.8. The molecule has 388 valence electrons. The molecule has 0 aromatic rings. The Balaban J connectivity index is 4.17. The summed E-state index contributed by atoms with van der Waals surface area (Å²) >= 11 is 0. The Kier molecular flexibility index (Phi) is 47.6. The zero-order valence-corrected chi connectivity index (χ0v) is 44.4. The molecule has 0 saturated heterocycles. The predicted molar refractivity (Wildman–Crippen MR) is 280 cm³/mol. The molecule has 0 amide bonds. The number of carboxylic acids is 1. The van der Waals surface area contributed by atoms with Crippen molar-refractivity contribution < 1.29 is 38.2 Å². The maximum absolute atomic E-state index is 12.8. The second-order valence-corrected chi connectivity index (χ2v) is 20.5. The molecule has 0 fully saturated rings. The summed E-state index contributed by atoms with van der Waals surface area (Å²) in [5, 5.41) is 9.67. The molecule has 0 aliphatic heterocycles. The van der Waals surface area contributed by atoms with Gasteiger partial charge in [0, 0.05) is 19.3 Å². The van der Waals surface area contributed by atoms with Crippen LogP contribution in [-0.2, 0) is 28.6 Å². The third-order valence-corrected chi connectivity index (χ3v) is 13.1. The highest BCUT2D eigenvalue weighted by Gasteiger charge is 2.31. The van der Waals surface area contributed by atoms with Crippen molar-refractivity contribution in [3.8, 4) is 0 Å². The van der Waals surface area contributed by atoms with E-state index in [9.17, 15) is 19.5 Å². The molecule has 8 heteroatoms. The molecule has 1 N–H and O–H groups in total. The lowest BCUT2D eigenvalue weighted by molar-refractivity contribution is -0.887. The maximum atomic E-state index is 12.8. The van der Waals surface area contributed by atoms with E-state index in [1.54, 1.807) is 0 Å². The standard InChI is InChI=1S/C58H109NO7/c1-6-8-10-12-14-16-18-20-22-24-26-28-29-31-32-34-36-38-40-42-44-46-48-56(60)65-53-54(52-64-51-50-55(58(62)63)59(3,4)5)66-57(61)49-47-45-43-41-39-37-35-33-30-27-25-23-21-19-17-15-13-11-9-7-2/h27,29-31,54-55H,6-26,28,32-53H2,1-5H3/p+1/b30-27+,31-29+. The third kappa shape index (κ3) is 46.9. The first-order valence-electron chi connectivity index (χ1n) is 28.4. The van der Waals surface area contributed by atoms with Gasteiger partial charge in [0.2, 0.25) is 0 Å². The number of aliphatic carboxylic acids is 1. The molecule has 0 heterocycles. The summed E-state index contributed by atoms with van der Waals surface area (Å²) < 4.78 is 17.4. The number of carboxylic acid groups (broad SMARTS) is 1. The summed E-state index contributed by atoms with van der Waals surface area (Å²) in [5.41, 5.74) is 0. The second kappa shape index (κ2) is 49.2. The van der Waals surface area contributed by atoms with Crippen LogP contribution in [0, 0.1) is 0 Å². The maximum Gasteiger partial charge on any atom is 0.362 e. The molecule has 2 atom stereocenters. The van der Waals surface area contributed by atoms with Gasteiger partial charge in [-0.15, -0.1) is 0 Å². The van der Waals surface area contributed by atoms with Crippen LogP contribution in [-0.4, -0.2) is 80.6 Å². The van der Waals surface area contributed by atoms with Crippen LogP contribution in [0.15, 0.2) is 24.3 Å². The summed E-state index contributed by atoms with van der Waals surface area (Å²) in [6.07, 6.45) is 58.1. The SMILES string of the molecule is CCCCCCCCCCC/C=C/CCCCCCCCCC(=O)OC(COCCC(C(=O)O)[N+](C)(C)C)COC(=O)CCCCCCCCC/C=C/CCCCCCCCCCCCC. The number of hydrogen-bond acceptors (Lipinski definition) is 6. The van der Waals surface area contributed by atoms with E-state index in [1.807, 2.05) is 21.1 Å². The van der Waals surface area contributed by atoms with Crippen LogP contribution in [0.25, 0.3) is 0 Å². The van der Waals surface area contributed by atoms with E-state index in [1.165, 1.54) is 205 Å². The number of nitrogens with zero attached hydrogens (tertiary/aromatic N) is 1. The average molecular weight is 934 g/mol. The number of carbonyl (C=O) groups excluding carboxylic acids is 2. The summed E-state index contributed by atoms with van der Waals surface area (Å²) in [5.74, 6) is -1.46. The van der Waals surface area contributed by atoms with Crippen molar-refractivity contribution in [2.45, 2.75) is 289 Å². The number of quaternary nitrogens is 1. The quantitative estimate of drug-likeness (QED) is 0.0281. The van der Waals surface area contributed by atoms with Gasteiger partial charge in [0.25, 0.3) is 0 Å². The minimum atomic E-state index is -0.872. The Labute approximate surface area is 409 Å². The van der Waals surface area contributed by atoms with Gasteiger partial charge in [0.15, 0.2) is 12.1 Å². The van der Waals surface area contributed by atoms with E-state index in [-0.39, 0.29) is 36.2 Å². The second-order valence-electron chi connectivity index (χ2n) is 20.5. The lowest BCUT2D eigenvalue weighted by atomic mass is 10.0. The summed E-state index contributed by atoms with van der Waals surface area (Å²) in [7, 11) is 5.55. The molecule has 0 saturated carbocycles. The first-order chi connectivity index (χ1) is 32.1. The first-order valence-corrected chi connectivity index (χ1v) is 28.4. The van der Waals surface area contributed by atoms with Crippen molar-refractivity contribution >= 4 is 17.9 Å². The third-order valence-electron chi connectivity index (χ3n) is 13.1. The number of ether oxygens (including phenoxy) is 3. The largest absolute Gasteiger partial charge is 0.477 e. The van der Waals surface area contributed by atoms with Crippen LogP contribution in [0.3, 0.4) is 0 Å². The van der Waals surface area contributed by atoms with Gasteiger partial charge in [0.05, 0.1) is 34.4 Å². The van der Waals surface area contributed by atoms with Gasteiger partial charge in [0.1, 0.15) is 6.61 Å². The van der Waals surface area contributed by atoms with Crippen LogP contribution >= 0.6 is 0 Å². The van der Waals surface area contributed by atoms with Gasteiger partial charge in [-0.1, -0.05) is 218 Å². The van der Waals surface area contributed by atoms with Gasteiger partial charge in [-0.3, -0.25) is 9.59 Å². The van der Waals surface area contributed by atoms with Gasteiger partial charge < -0.3 is 23.8 Å². The molecule has 0 aromatic heterocycles.